The second kappa shape index (κ2) is 3.72. The molecule has 0 aliphatic carbocycles. The summed E-state index contributed by atoms with van der Waals surface area (Å²) in [5.41, 5.74) is 12.4. The van der Waals surface area contributed by atoms with Crippen LogP contribution in [0.2, 0.25) is 0 Å². The number of nitrogens with one attached hydrogen (secondary N) is 1. The van der Waals surface area contributed by atoms with Gasteiger partial charge in [0.25, 0.3) is 0 Å². The van der Waals surface area contributed by atoms with E-state index in [1.807, 2.05) is 24.3 Å². The predicted octanol–water partition coefficient (Wildman–Crippen LogP) is 0.211. The Hall–Kier alpha value is -2.25. The van der Waals surface area contributed by atoms with Crippen LogP contribution >= 0.6 is 0 Å². The number of benzene rings is 1. The van der Waals surface area contributed by atoms with Crippen LogP contribution in [0.15, 0.2) is 41.2 Å². The molecule has 4 nitrogen and oxygen atoms in total. The average molecular weight is 212 g/mol. The normalized spacial score (nSPS) is 23.1. The zero-order chi connectivity index (χ0) is 11.6. The van der Waals surface area contributed by atoms with Crippen LogP contribution in [0.1, 0.15) is 11.1 Å². The van der Waals surface area contributed by atoms with Gasteiger partial charge in [-0.15, -0.1) is 6.42 Å². The van der Waals surface area contributed by atoms with E-state index in [0.29, 0.717) is 5.82 Å². The standard InChI is InChI=1S/C12H12N4/c1-2-9-4-3-5-10(6-9)12(14)7-11(13)15-8-16-12/h1,3-8H,13-14H2,(H,15,16). The van der Waals surface area contributed by atoms with Crippen molar-refractivity contribution in [2.45, 2.75) is 5.66 Å². The SMILES string of the molecule is C#Cc1cccc(C2(N)C=C(N)NC=N2)c1. The molecule has 1 aliphatic rings. The van der Waals surface area contributed by atoms with Crippen LogP contribution in [0.3, 0.4) is 0 Å². The molecule has 0 fully saturated rings. The van der Waals surface area contributed by atoms with E-state index in [4.69, 9.17) is 17.9 Å². The van der Waals surface area contributed by atoms with E-state index < -0.39 is 5.66 Å². The van der Waals surface area contributed by atoms with Gasteiger partial charge in [0.15, 0.2) is 5.66 Å². The molecular formula is C12H12N4. The first-order valence-corrected chi connectivity index (χ1v) is 4.79. The van der Waals surface area contributed by atoms with Crippen LogP contribution < -0.4 is 16.8 Å². The maximum absolute atomic E-state index is 6.13. The summed E-state index contributed by atoms with van der Waals surface area (Å²) in [4.78, 5) is 4.17. The molecule has 0 spiro atoms. The molecule has 16 heavy (non-hydrogen) atoms. The van der Waals surface area contributed by atoms with Crippen molar-refractivity contribution < 1.29 is 0 Å². The van der Waals surface area contributed by atoms with E-state index in [1.54, 1.807) is 6.08 Å². The Morgan fingerprint density at radius 1 is 1.44 bits per heavy atom. The molecule has 0 aromatic heterocycles. The Labute approximate surface area is 94.0 Å². The second-order valence-corrected chi connectivity index (χ2v) is 3.55. The Kier molecular flexibility index (Phi) is 2.39. The van der Waals surface area contributed by atoms with Gasteiger partial charge in [-0.05, 0) is 17.7 Å². The van der Waals surface area contributed by atoms with Crippen molar-refractivity contribution in [3.63, 3.8) is 0 Å². The van der Waals surface area contributed by atoms with Gasteiger partial charge in [0.05, 0.1) is 6.34 Å². The number of terminal acetylenes is 1. The molecular weight excluding hydrogens is 200 g/mol. The number of aliphatic imine (C=N–C) groups is 1. The average Bonchev–Trinajstić information content (AvgIpc) is 2.29. The minimum absolute atomic E-state index is 0.476. The predicted molar refractivity (Wildman–Crippen MR) is 64.1 cm³/mol. The van der Waals surface area contributed by atoms with Crippen molar-refractivity contribution >= 4 is 6.34 Å². The van der Waals surface area contributed by atoms with Gasteiger partial charge in [-0.3, -0.25) is 5.73 Å². The lowest BCUT2D eigenvalue weighted by molar-refractivity contribution is 0.578. The van der Waals surface area contributed by atoms with Crippen molar-refractivity contribution in [1.82, 2.24) is 5.32 Å². The van der Waals surface area contributed by atoms with Crippen LogP contribution in [-0.2, 0) is 5.66 Å². The molecule has 1 aromatic rings. The summed E-state index contributed by atoms with van der Waals surface area (Å²) in [5.74, 6) is 3.04. The Balaban J connectivity index is 2.47. The van der Waals surface area contributed by atoms with Gasteiger partial charge in [-0.2, -0.15) is 0 Å². The van der Waals surface area contributed by atoms with Crippen LogP contribution in [0.5, 0.6) is 0 Å². The van der Waals surface area contributed by atoms with Crippen molar-refractivity contribution in [3.8, 4) is 12.3 Å². The Bertz CT molecular complexity index is 510. The fourth-order valence-corrected chi connectivity index (χ4v) is 1.55. The fourth-order valence-electron chi connectivity index (χ4n) is 1.55. The minimum Gasteiger partial charge on any atom is -0.385 e. The number of hydrogen-bond acceptors (Lipinski definition) is 4. The fraction of sp³-hybridized carbons (Fsp3) is 0.0833. The molecule has 2 rings (SSSR count). The molecule has 0 bridgehead atoms. The van der Waals surface area contributed by atoms with Crippen molar-refractivity contribution in [2.75, 3.05) is 0 Å². The summed E-state index contributed by atoms with van der Waals surface area (Å²) in [6.45, 7) is 0. The van der Waals surface area contributed by atoms with Gasteiger partial charge in [-0.1, -0.05) is 18.1 Å². The first-order chi connectivity index (χ1) is 7.64. The highest BCUT2D eigenvalue weighted by atomic mass is 15.1. The lowest BCUT2D eigenvalue weighted by Gasteiger charge is -2.25. The number of hydrogen-bond donors (Lipinski definition) is 3. The van der Waals surface area contributed by atoms with Gasteiger partial charge < -0.3 is 11.1 Å². The maximum Gasteiger partial charge on any atom is 0.158 e. The smallest absolute Gasteiger partial charge is 0.158 e. The third-order valence-corrected chi connectivity index (χ3v) is 2.38. The van der Waals surface area contributed by atoms with Gasteiger partial charge in [-0.25, -0.2) is 4.99 Å². The largest absolute Gasteiger partial charge is 0.385 e. The van der Waals surface area contributed by atoms with Crippen LogP contribution in [0.25, 0.3) is 0 Å². The summed E-state index contributed by atoms with van der Waals surface area (Å²) in [6, 6.07) is 7.38. The van der Waals surface area contributed by atoms with Gasteiger partial charge in [0.1, 0.15) is 5.82 Å². The van der Waals surface area contributed by atoms with Crippen LogP contribution in [-0.4, -0.2) is 6.34 Å². The van der Waals surface area contributed by atoms with E-state index in [1.165, 1.54) is 6.34 Å². The van der Waals surface area contributed by atoms with Crippen molar-refractivity contribution in [2.24, 2.45) is 16.5 Å². The van der Waals surface area contributed by atoms with E-state index in [-0.39, 0.29) is 0 Å². The van der Waals surface area contributed by atoms with E-state index in [0.717, 1.165) is 11.1 Å². The molecule has 80 valence electrons. The van der Waals surface area contributed by atoms with Gasteiger partial charge in [0, 0.05) is 11.6 Å². The molecule has 0 amide bonds. The number of nitrogens with two attached hydrogens (primary N) is 2. The zero-order valence-corrected chi connectivity index (χ0v) is 8.64. The maximum atomic E-state index is 6.13. The molecule has 5 N–H and O–H groups in total. The highest BCUT2D eigenvalue weighted by Crippen LogP contribution is 2.23. The van der Waals surface area contributed by atoms with Crippen LogP contribution in [0.4, 0.5) is 0 Å². The molecule has 0 saturated heterocycles. The summed E-state index contributed by atoms with van der Waals surface area (Å²) in [7, 11) is 0. The van der Waals surface area contributed by atoms with E-state index >= 15 is 0 Å². The lowest BCUT2D eigenvalue weighted by Crippen LogP contribution is -2.39. The highest BCUT2D eigenvalue weighted by molar-refractivity contribution is 5.61. The second-order valence-electron chi connectivity index (χ2n) is 3.55. The zero-order valence-electron chi connectivity index (χ0n) is 8.64. The van der Waals surface area contributed by atoms with Crippen molar-refractivity contribution in [1.29, 1.82) is 0 Å². The topological polar surface area (TPSA) is 76.4 Å². The van der Waals surface area contributed by atoms with Gasteiger partial charge >= 0.3 is 0 Å². The van der Waals surface area contributed by atoms with E-state index in [2.05, 4.69) is 16.2 Å². The van der Waals surface area contributed by atoms with Crippen molar-refractivity contribution in [3.05, 3.63) is 47.3 Å². The number of nitrogens with zero attached hydrogens (tertiary/aromatic N) is 1. The molecule has 1 unspecified atom stereocenters. The first kappa shape index (κ1) is 10.3. The quantitative estimate of drug-likeness (QED) is 0.582. The molecule has 4 heteroatoms. The molecule has 1 aromatic carbocycles. The van der Waals surface area contributed by atoms with E-state index in [9.17, 15) is 0 Å². The third-order valence-electron chi connectivity index (χ3n) is 2.38. The molecule has 0 radical (unpaired) electrons. The molecule has 0 saturated carbocycles. The molecule has 1 atom stereocenters. The summed E-state index contributed by atoms with van der Waals surface area (Å²) >= 11 is 0. The summed E-state index contributed by atoms with van der Waals surface area (Å²) in [5, 5.41) is 2.76. The Morgan fingerprint density at radius 2 is 2.25 bits per heavy atom. The molecule has 1 aliphatic heterocycles. The third kappa shape index (κ3) is 1.76. The minimum atomic E-state index is -0.942. The monoisotopic (exact) mass is 212 g/mol. The summed E-state index contributed by atoms with van der Waals surface area (Å²) < 4.78 is 0. The number of rotatable bonds is 1. The Morgan fingerprint density at radius 3 is 2.94 bits per heavy atom. The summed E-state index contributed by atoms with van der Waals surface area (Å²) in [6.07, 6.45) is 8.48. The first-order valence-electron chi connectivity index (χ1n) is 4.79. The van der Waals surface area contributed by atoms with Crippen LogP contribution in [0, 0.1) is 12.3 Å². The lowest BCUT2D eigenvalue weighted by atomic mass is 9.98. The highest BCUT2D eigenvalue weighted by Gasteiger charge is 2.25. The van der Waals surface area contributed by atoms with Gasteiger partial charge in [0.2, 0.25) is 0 Å². The molecule has 1 heterocycles.